The van der Waals surface area contributed by atoms with Crippen LogP contribution in [0.5, 0.6) is 11.5 Å². The number of rotatable bonds is 10. The van der Waals surface area contributed by atoms with E-state index in [1.54, 1.807) is 38.5 Å². The van der Waals surface area contributed by atoms with Crippen molar-refractivity contribution in [3.05, 3.63) is 65.5 Å². The first-order valence-corrected chi connectivity index (χ1v) is 10.5. The Kier molecular flexibility index (Phi) is 7.62. The number of nitrogens with zero attached hydrogens (tertiary/aromatic N) is 2. The molecule has 1 aromatic heterocycles. The van der Waals surface area contributed by atoms with Gasteiger partial charge in [0.1, 0.15) is 17.3 Å². The summed E-state index contributed by atoms with van der Waals surface area (Å²) in [4.78, 5) is 17.0. The predicted molar refractivity (Wildman–Crippen MR) is 119 cm³/mol. The maximum atomic E-state index is 12.5. The first-order chi connectivity index (χ1) is 14.6. The monoisotopic (exact) mass is 426 g/mol. The Hall–Kier alpha value is -3.13. The number of carbonyl (C=O) groups excluding carboxylic acids is 1. The van der Waals surface area contributed by atoms with Crippen molar-refractivity contribution in [2.45, 2.75) is 25.8 Å². The maximum Gasteiger partial charge on any atom is 0.251 e. The summed E-state index contributed by atoms with van der Waals surface area (Å²) in [6.07, 6.45) is 1.40. The van der Waals surface area contributed by atoms with Gasteiger partial charge in [-0.2, -0.15) is 4.37 Å². The number of aromatic nitrogens is 2. The molecule has 0 saturated heterocycles. The molecule has 0 aliphatic rings. The molecule has 1 amide bonds. The second kappa shape index (κ2) is 10.6. The summed E-state index contributed by atoms with van der Waals surface area (Å²) in [5, 5.41) is 7.07. The van der Waals surface area contributed by atoms with Crippen LogP contribution in [-0.4, -0.2) is 42.1 Å². The van der Waals surface area contributed by atoms with Gasteiger partial charge in [0.2, 0.25) is 5.13 Å². The second-order valence-electron chi connectivity index (χ2n) is 6.69. The number of ether oxygens (including phenoxy) is 2. The van der Waals surface area contributed by atoms with Gasteiger partial charge < -0.3 is 20.1 Å². The Morgan fingerprint density at radius 1 is 1.10 bits per heavy atom. The number of nitrogens with one attached hydrogen (secondary N) is 2. The molecule has 3 rings (SSSR count). The van der Waals surface area contributed by atoms with Gasteiger partial charge in [0.05, 0.1) is 14.2 Å². The Morgan fingerprint density at radius 3 is 2.57 bits per heavy atom. The van der Waals surface area contributed by atoms with Crippen molar-refractivity contribution in [3.8, 4) is 11.5 Å². The first kappa shape index (κ1) is 21.6. The summed E-state index contributed by atoms with van der Waals surface area (Å²) in [5.74, 6) is 2.18. The molecule has 1 unspecified atom stereocenters. The van der Waals surface area contributed by atoms with Gasteiger partial charge in [-0.15, -0.1) is 0 Å². The largest absolute Gasteiger partial charge is 0.497 e. The summed E-state index contributed by atoms with van der Waals surface area (Å²) in [6, 6.07) is 14.9. The van der Waals surface area contributed by atoms with Gasteiger partial charge in [0.25, 0.3) is 5.91 Å². The molecule has 7 nitrogen and oxygen atoms in total. The molecule has 2 aromatic carbocycles. The van der Waals surface area contributed by atoms with E-state index < -0.39 is 0 Å². The third-order valence-electron chi connectivity index (χ3n) is 4.69. The smallest absolute Gasteiger partial charge is 0.251 e. The molecule has 8 heteroatoms. The van der Waals surface area contributed by atoms with Crippen molar-refractivity contribution in [2.75, 3.05) is 26.1 Å². The highest BCUT2D eigenvalue weighted by atomic mass is 32.1. The van der Waals surface area contributed by atoms with Crippen molar-refractivity contribution in [2.24, 2.45) is 0 Å². The minimum absolute atomic E-state index is 0.0267. The van der Waals surface area contributed by atoms with Crippen molar-refractivity contribution >= 4 is 22.6 Å². The topological polar surface area (TPSA) is 85.4 Å². The molecule has 158 valence electrons. The van der Waals surface area contributed by atoms with E-state index in [-0.39, 0.29) is 11.9 Å². The predicted octanol–water partition coefficient (Wildman–Crippen LogP) is 3.77. The van der Waals surface area contributed by atoms with E-state index in [9.17, 15) is 4.79 Å². The number of amides is 1. The third-order valence-corrected chi connectivity index (χ3v) is 5.40. The van der Waals surface area contributed by atoms with E-state index in [0.717, 1.165) is 34.4 Å². The normalized spacial score (nSPS) is 11.6. The fourth-order valence-electron chi connectivity index (χ4n) is 2.94. The van der Waals surface area contributed by atoms with Crippen LogP contribution < -0.4 is 20.1 Å². The zero-order chi connectivity index (χ0) is 21.3. The Balaban J connectivity index is 1.54. The van der Waals surface area contributed by atoms with Crippen LogP contribution in [0.3, 0.4) is 0 Å². The minimum Gasteiger partial charge on any atom is -0.497 e. The van der Waals surface area contributed by atoms with E-state index in [2.05, 4.69) is 20.0 Å². The maximum absolute atomic E-state index is 12.5. The average molecular weight is 427 g/mol. The number of carbonyl (C=O) groups is 1. The molecule has 0 radical (unpaired) electrons. The van der Waals surface area contributed by atoms with Crippen LogP contribution in [0.15, 0.2) is 48.5 Å². The highest BCUT2D eigenvalue weighted by Gasteiger charge is 2.14. The first-order valence-electron chi connectivity index (χ1n) is 9.76. The molecule has 0 saturated carbocycles. The summed E-state index contributed by atoms with van der Waals surface area (Å²) < 4.78 is 14.9. The Labute approximate surface area is 180 Å². The van der Waals surface area contributed by atoms with Crippen LogP contribution in [0.4, 0.5) is 5.13 Å². The fourth-order valence-corrected chi connectivity index (χ4v) is 3.53. The van der Waals surface area contributed by atoms with Gasteiger partial charge in [-0.1, -0.05) is 25.1 Å². The minimum atomic E-state index is -0.111. The lowest BCUT2D eigenvalue weighted by Gasteiger charge is -2.17. The summed E-state index contributed by atoms with van der Waals surface area (Å²) in [5.41, 5.74) is 1.65. The van der Waals surface area contributed by atoms with Crippen molar-refractivity contribution in [1.82, 2.24) is 14.7 Å². The van der Waals surface area contributed by atoms with Crippen LogP contribution >= 0.6 is 11.5 Å². The Bertz CT molecular complexity index is 959. The van der Waals surface area contributed by atoms with E-state index in [0.29, 0.717) is 18.5 Å². The SMILES string of the molecule is CCC(CNc1nc(Cc2ccccc2OC)ns1)NC(=O)c1ccc(OC)cc1. The lowest BCUT2D eigenvalue weighted by Crippen LogP contribution is -2.39. The number of methoxy groups -OCH3 is 2. The highest BCUT2D eigenvalue weighted by Crippen LogP contribution is 2.21. The molecule has 1 heterocycles. The van der Waals surface area contributed by atoms with Crippen LogP contribution in [0.1, 0.15) is 35.1 Å². The summed E-state index contributed by atoms with van der Waals surface area (Å²) in [6.45, 7) is 2.61. The van der Waals surface area contributed by atoms with Gasteiger partial charge >= 0.3 is 0 Å². The average Bonchev–Trinajstić information content (AvgIpc) is 3.24. The molecule has 0 aliphatic carbocycles. The molecule has 2 N–H and O–H groups in total. The third kappa shape index (κ3) is 5.70. The number of hydrogen-bond acceptors (Lipinski definition) is 7. The van der Waals surface area contributed by atoms with Gasteiger partial charge in [0, 0.05) is 41.7 Å². The van der Waals surface area contributed by atoms with Crippen LogP contribution in [-0.2, 0) is 6.42 Å². The summed E-state index contributed by atoms with van der Waals surface area (Å²) in [7, 11) is 3.26. The second-order valence-corrected chi connectivity index (χ2v) is 7.44. The van der Waals surface area contributed by atoms with E-state index >= 15 is 0 Å². The fraction of sp³-hybridized carbons (Fsp3) is 0.318. The van der Waals surface area contributed by atoms with Crippen molar-refractivity contribution in [3.63, 3.8) is 0 Å². The quantitative estimate of drug-likeness (QED) is 0.513. The molecule has 30 heavy (non-hydrogen) atoms. The highest BCUT2D eigenvalue weighted by molar-refractivity contribution is 7.09. The zero-order valence-corrected chi connectivity index (χ0v) is 18.2. The standard InChI is InChI=1S/C22H26N4O3S/c1-4-17(24-21(27)15-9-11-18(28-2)12-10-15)14-23-22-25-20(26-30-22)13-16-7-5-6-8-19(16)29-3/h5-12,17H,4,13-14H2,1-3H3,(H,24,27)(H,23,25,26). The van der Waals surface area contributed by atoms with Crippen molar-refractivity contribution in [1.29, 1.82) is 0 Å². The molecule has 0 spiro atoms. The van der Waals surface area contributed by atoms with Gasteiger partial charge in [-0.25, -0.2) is 4.98 Å². The van der Waals surface area contributed by atoms with Gasteiger partial charge in [-0.3, -0.25) is 4.79 Å². The Morgan fingerprint density at radius 2 is 1.87 bits per heavy atom. The van der Waals surface area contributed by atoms with Crippen LogP contribution in [0.25, 0.3) is 0 Å². The van der Waals surface area contributed by atoms with Gasteiger partial charge in [0.15, 0.2) is 0 Å². The lowest BCUT2D eigenvalue weighted by atomic mass is 10.1. The van der Waals surface area contributed by atoms with E-state index in [4.69, 9.17) is 9.47 Å². The molecule has 1 atom stereocenters. The summed E-state index contributed by atoms with van der Waals surface area (Å²) >= 11 is 1.31. The lowest BCUT2D eigenvalue weighted by molar-refractivity contribution is 0.0938. The number of benzene rings is 2. The molecule has 3 aromatic rings. The zero-order valence-electron chi connectivity index (χ0n) is 17.3. The number of para-hydroxylation sites is 1. The van der Waals surface area contributed by atoms with Crippen LogP contribution in [0, 0.1) is 0 Å². The molecular formula is C22H26N4O3S. The van der Waals surface area contributed by atoms with E-state index in [1.807, 2.05) is 31.2 Å². The van der Waals surface area contributed by atoms with Gasteiger partial charge in [-0.05, 0) is 36.8 Å². The van der Waals surface area contributed by atoms with Crippen LogP contribution in [0.2, 0.25) is 0 Å². The van der Waals surface area contributed by atoms with Crippen molar-refractivity contribution < 1.29 is 14.3 Å². The molecule has 0 bridgehead atoms. The molecule has 0 fully saturated rings. The number of anilines is 1. The molecular weight excluding hydrogens is 400 g/mol. The van der Waals surface area contributed by atoms with E-state index in [1.165, 1.54) is 11.5 Å². The molecule has 0 aliphatic heterocycles. The number of hydrogen-bond donors (Lipinski definition) is 2.